The molecule has 0 amide bonds. The monoisotopic (exact) mass is 272 g/mol. The van der Waals surface area contributed by atoms with Crippen LogP contribution in [-0.2, 0) is 14.3 Å². The van der Waals surface area contributed by atoms with Crippen molar-refractivity contribution >= 4 is 11.9 Å². The Hall–Kier alpha value is -1.06. The topological polar surface area (TPSA) is 63.6 Å². The van der Waals surface area contributed by atoms with Gasteiger partial charge in [-0.1, -0.05) is 58.3 Å². The fraction of sp³-hybridized carbons (Fsp3) is 0.867. The normalized spacial score (nSPS) is 10.4. The van der Waals surface area contributed by atoms with Crippen molar-refractivity contribution in [3.8, 4) is 0 Å². The molecule has 4 nitrogen and oxygen atoms in total. The molecule has 0 aromatic carbocycles. The first-order valence-corrected chi connectivity index (χ1v) is 7.54. The van der Waals surface area contributed by atoms with Gasteiger partial charge in [-0.3, -0.25) is 9.59 Å². The summed E-state index contributed by atoms with van der Waals surface area (Å²) in [5.74, 6) is -1.21. The summed E-state index contributed by atoms with van der Waals surface area (Å²) in [5.41, 5.74) is 0. The van der Waals surface area contributed by atoms with Crippen LogP contribution in [0.2, 0.25) is 0 Å². The predicted molar refractivity (Wildman–Crippen MR) is 75.1 cm³/mol. The van der Waals surface area contributed by atoms with Crippen LogP contribution in [0.4, 0.5) is 0 Å². The minimum Gasteiger partial charge on any atom is -0.481 e. The van der Waals surface area contributed by atoms with Gasteiger partial charge in [0.1, 0.15) is 6.61 Å². The number of hydrogen-bond acceptors (Lipinski definition) is 3. The smallest absolute Gasteiger partial charge is 0.306 e. The molecule has 0 aliphatic heterocycles. The average Bonchev–Trinajstić information content (AvgIpc) is 2.36. The van der Waals surface area contributed by atoms with Gasteiger partial charge in [0.15, 0.2) is 0 Å². The third kappa shape index (κ3) is 14.9. The molecule has 0 saturated heterocycles. The molecule has 0 radical (unpaired) electrons. The lowest BCUT2D eigenvalue weighted by Crippen LogP contribution is -2.08. The van der Waals surface area contributed by atoms with Crippen molar-refractivity contribution < 1.29 is 19.4 Å². The lowest BCUT2D eigenvalue weighted by Gasteiger charge is -2.03. The van der Waals surface area contributed by atoms with Crippen LogP contribution in [0.15, 0.2) is 0 Å². The average molecular weight is 272 g/mol. The van der Waals surface area contributed by atoms with Crippen molar-refractivity contribution in [2.24, 2.45) is 0 Å². The Bertz CT molecular complexity index is 238. The Kier molecular flexibility index (Phi) is 12.6. The van der Waals surface area contributed by atoms with Gasteiger partial charge in [0.25, 0.3) is 0 Å². The standard InChI is InChI=1S/C15H28O4/c1-2-3-4-5-6-7-8-9-10-11-15(18)19-13-12-14(16)17/h2-13H2,1H3,(H,16,17). The molecule has 4 heteroatoms. The quantitative estimate of drug-likeness (QED) is 0.407. The minimum atomic E-state index is -0.934. The molecule has 0 aliphatic rings. The largest absolute Gasteiger partial charge is 0.481 e. The molecule has 112 valence electrons. The van der Waals surface area contributed by atoms with E-state index in [1.54, 1.807) is 0 Å². The Labute approximate surface area is 116 Å². The summed E-state index contributed by atoms with van der Waals surface area (Å²) in [6.07, 6.45) is 11.2. The highest BCUT2D eigenvalue weighted by Gasteiger charge is 2.04. The van der Waals surface area contributed by atoms with Crippen molar-refractivity contribution in [1.82, 2.24) is 0 Å². The highest BCUT2D eigenvalue weighted by molar-refractivity contribution is 5.70. The molecular formula is C15H28O4. The van der Waals surface area contributed by atoms with Gasteiger partial charge in [-0.25, -0.2) is 0 Å². The molecule has 0 spiro atoms. The number of carboxylic acids is 1. The van der Waals surface area contributed by atoms with Crippen molar-refractivity contribution in [2.45, 2.75) is 77.6 Å². The first-order chi connectivity index (χ1) is 9.16. The van der Waals surface area contributed by atoms with Gasteiger partial charge < -0.3 is 9.84 Å². The van der Waals surface area contributed by atoms with Gasteiger partial charge >= 0.3 is 11.9 Å². The number of carbonyl (C=O) groups excluding carboxylic acids is 1. The van der Waals surface area contributed by atoms with Crippen LogP contribution in [-0.4, -0.2) is 23.7 Å². The Morgan fingerprint density at radius 3 is 1.89 bits per heavy atom. The van der Waals surface area contributed by atoms with E-state index in [0.717, 1.165) is 12.8 Å². The number of rotatable bonds is 13. The number of esters is 1. The molecule has 1 N–H and O–H groups in total. The maximum atomic E-state index is 11.2. The number of hydrogen-bond donors (Lipinski definition) is 1. The highest BCUT2D eigenvalue weighted by Crippen LogP contribution is 2.10. The summed E-state index contributed by atoms with van der Waals surface area (Å²) in [7, 11) is 0. The van der Waals surface area contributed by atoms with Crippen molar-refractivity contribution in [3.63, 3.8) is 0 Å². The summed E-state index contributed by atoms with van der Waals surface area (Å²) in [6.45, 7) is 2.21. The summed E-state index contributed by atoms with van der Waals surface area (Å²) in [4.78, 5) is 21.4. The predicted octanol–water partition coefficient (Wildman–Crippen LogP) is 3.93. The second-order valence-electron chi connectivity index (χ2n) is 4.94. The third-order valence-corrected chi connectivity index (χ3v) is 3.06. The van der Waals surface area contributed by atoms with Crippen molar-refractivity contribution in [2.75, 3.05) is 6.61 Å². The zero-order valence-corrected chi connectivity index (χ0v) is 12.2. The summed E-state index contributed by atoms with van der Waals surface area (Å²) in [6, 6.07) is 0. The van der Waals surface area contributed by atoms with Gasteiger partial charge in [0, 0.05) is 6.42 Å². The zero-order valence-electron chi connectivity index (χ0n) is 12.2. The fourth-order valence-corrected chi connectivity index (χ4v) is 1.90. The van der Waals surface area contributed by atoms with Crippen LogP contribution in [0.1, 0.15) is 77.6 Å². The molecule has 0 heterocycles. The van der Waals surface area contributed by atoms with Crippen LogP contribution in [0.3, 0.4) is 0 Å². The molecule has 0 aromatic rings. The van der Waals surface area contributed by atoms with Crippen LogP contribution >= 0.6 is 0 Å². The minimum absolute atomic E-state index is 0.00834. The van der Waals surface area contributed by atoms with E-state index >= 15 is 0 Å². The van der Waals surface area contributed by atoms with Gasteiger partial charge in [-0.15, -0.1) is 0 Å². The van der Waals surface area contributed by atoms with Crippen LogP contribution in [0, 0.1) is 0 Å². The summed E-state index contributed by atoms with van der Waals surface area (Å²) >= 11 is 0. The highest BCUT2D eigenvalue weighted by atomic mass is 16.5. The van der Waals surface area contributed by atoms with Crippen molar-refractivity contribution in [1.29, 1.82) is 0 Å². The van der Waals surface area contributed by atoms with Crippen molar-refractivity contribution in [3.05, 3.63) is 0 Å². The molecule has 0 aromatic heterocycles. The second-order valence-corrected chi connectivity index (χ2v) is 4.94. The second kappa shape index (κ2) is 13.4. The fourth-order valence-electron chi connectivity index (χ4n) is 1.90. The van der Waals surface area contributed by atoms with Crippen LogP contribution in [0.5, 0.6) is 0 Å². The van der Waals surface area contributed by atoms with Gasteiger partial charge in [-0.2, -0.15) is 0 Å². The lowest BCUT2D eigenvalue weighted by molar-refractivity contribution is -0.146. The van der Waals surface area contributed by atoms with Gasteiger partial charge in [-0.05, 0) is 6.42 Å². The maximum absolute atomic E-state index is 11.2. The first-order valence-electron chi connectivity index (χ1n) is 7.54. The first kappa shape index (κ1) is 17.9. The van der Waals surface area contributed by atoms with Gasteiger partial charge in [0.2, 0.25) is 0 Å². The third-order valence-electron chi connectivity index (χ3n) is 3.06. The molecule has 0 atom stereocenters. The Morgan fingerprint density at radius 2 is 1.37 bits per heavy atom. The molecule has 0 bridgehead atoms. The molecule has 0 fully saturated rings. The number of unbranched alkanes of at least 4 members (excludes halogenated alkanes) is 8. The Balaban J connectivity index is 3.16. The number of ether oxygens (including phenoxy) is 1. The molecular weight excluding hydrogens is 244 g/mol. The molecule has 19 heavy (non-hydrogen) atoms. The Morgan fingerprint density at radius 1 is 0.842 bits per heavy atom. The van der Waals surface area contributed by atoms with Gasteiger partial charge in [0.05, 0.1) is 6.42 Å². The summed E-state index contributed by atoms with van der Waals surface area (Å²) < 4.78 is 4.81. The SMILES string of the molecule is CCCCCCCCCCCC(=O)OCCC(=O)O. The van der Waals surface area contributed by atoms with Crippen LogP contribution < -0.4 is 0 Å². The number of aliphatic carboxylic acids is 1. The lowest BCUT2D eigenvalue weighted by atomic mass is 10.1. The van der Waals surface area contributed by atoms with Crippen LogP contribution in [0.25, 0.3) is 0 Å². The zero-order chi connectivity index (χ0) is 14.3. The van der Waals surface area contributed by atoms with E-state index < -0.39 is 5.97 Å². The number of carboxylic acid groups (broad SMARTS) is 1. The van der Waals surface area contributed by atoms with E-state index in [1.807, 2.05) is 0 Å². The maximum Gasteiger partial charge on any atom is 0.306 e. The van der Waals surface area contributed by atoms with E-state index in [9.17, 15) is 9.59 Å². The number of carbonyl (C=O) groups is 2. The van der Waals surface area contributed by atoms with E-state index in [1.165, 1.54) is 44.9 Å². The van der Waals surface area contributed by atoms with E-state index in [4.69, 9.17) is 9.84 Å². The molecule has 0 aliphatic carbocycles. The van der Waals surface area contributed by atoms with E-state index in [-0.39, 0.29) is 19.0 Å². The molecule has 0 unspecified atom stereocenters. The molecule has 0 saturated carbocycles. The molecule has 0 rings (SSSR count). The van der Waals surface area contributed by atoms with E-state index in [2.05, 4.69) is 6.92 Å². The van der Waals surface area contributed by atoms with E-state index in [0.29, 0.717) is 6.42 Å². The summed E-state index contributed by atoms with van der Waals surface area (Å²) in [5, 5.41) is 8.39.